The lowest BCUT2D eigenvalue weighted by atomic mass is 9.99. The van der Waals surface area contributed by atoms with Crippen LogP contribution in [-0.4, -0.2) is 13.2 Å². The Labute approximate surface area is 122 Å². The molecule has 0 saturated heterocycles. The predicted octanol–water partition coefficient (Wildman–Crippen LogP) is 4.23. The summed E-state index contributed by atoms with van der Waals surface area (Å²) in [5, 5.41) is -0.415. The second-order valence-corrected chi connectivity index (χ2v) is 5.20. The molecular weight excluding hydrogens is 279 g/mol. The van der Waals surface area contributed by atoms with Crippen molar-refractivity contribution < 1.29 is 13.9 Å². The third kappa shape index (κ3) is 2.46. The molecule has 0 fully saturated rings. The van der Waals surface area contributed by atoms with Crippen molar-refractivity contribution in [3.63, 3.8) is 0 Å². The van der Waals surface area contributed by atoms with Crippen molar-refractivity contribution in [2.24, 2.45) is 0 Å². The molecule has 2 nitrogen and oxygen atoms in total. The second-order valence-electron chi connectivity index (χ2n) is 4.77. The van der Waals surface area contributed by atoms with Gasteiger partial charge in [0.15, 0.2) is 11.5 Å². The SMILES string of the molecule is Cc1ccc(F)cc1C(Cl)c1ccc2c(c1)OCCO2. The van der Waals surface area contributed by atoms with Crippen molar-refractivity contribution in [2.75, 3.05) is 13.2 Å². The maximum absolute atomic E-state index is 13.4. The third-order valence-corrected chi connectivity index (χ3v) is 3.86. The molecule has 0 radical (unpaired) electrons. The van der Waals surface area contributed by atoms with E-state index in [1.807, 2.05) is 25.1 Å². The highest BCUT2D eigenvalue weighted by Crippen LogP contribution is 2.37. The van der Waals surface area contributed by atoms with Gasteiger partial charge in [-0.15, -0.1) is 11.6 Å². The van der Waals surface area contributed by atoms with Gasteiger partial charge in [0, 0.05) is 0 Å². The van der Waals surface area contributed by atoms with Crippen LogP contribution in [0.15, 0.2) is 36.4 Å². The second kappa shape index (κ2) is 5.33. The number of benzene rings is 2. The first-order chi connectivity index (χ1) is 9.65. The van der Waals surface area contributed by atoms with Crippen LogP contribution in [0.25, 0.3) is 0 Å². The Bertz CT molecular complexity index is 642. The minimum absolute atomic E-state index is 0.284. The maximum atomic E-state index is 13.4. The first-order valence-electron chi connectivity index (χ1n) is 6.45. The Morgan fingerprint density at radius 2 is 1.80 bits per heavy atom. The van der Waals surface area contributed by atoms with E-state index in [1.165, 1.54) is 12.1 Å². The summed E-state index contributed by atoms with van der Waals surface area (Å²) in [7, 11) is 0. The molecule has 104 valence electrons. The Hall–Kier alpha value is -1.74. The van der Waals surface area contributed by atoms with E-state index in [4.69, 9.17) is 21.1 Å². The smallest absolute Gasteiger partial charge is 0.161 e. The van der Waals surface area contributed by atoms with Crippen LogP contribution in [0.4, 0.5) is 4.39 Å². The molecule has 0 aliphatic carbocycles. The van der Waals surface area contributed by atoms with Crippen molar-refractivity contribution in [3.05, 3.63) is 58.9 Å². The summed E-state index contributed by atoms with van der Waals surface area (Å²) in [5.74, 6) is 1.13. The zero-order chi connectivity index (χ0) is 14.1. The molecule has 1 aliphatic heterocycles. The molecule has 20 heavy (non-hydrogen) atoms. The Kier molecular flexibility index (Phi) is 3.53. The van der Waals surface area contributed by atoms with Gasteiger partial charge in [0.2, 0.25) is 0 Å². The van der Waals surface area contributed by atoms with Gasteiger partial charge in [-0.3, -0.25) is 0 Å². The summed E-state index contributed by atoms with van der Waals surface area (Å²) >= 11 is 6.49. The molecule has 0 bridgehead atoms. The standard InChI is InChI=1S/C16H14ClFO2/c1-10-2-4-12(18)9-13(10)16(17)11-3-5-14-15(8-11)20-7-6-19-14/h2-5,8-9,16H,6-7H2,1H3. The van der Waals surface area contributed by atoms with E-state index in [-0.39, 0.29) is 5.82 Å². The minimum atomic E-state index is -0.415. The van der Waals surface area contributed by atoms with Gasteiger partial charge in [0.25, 0.3) is 0 Å². The normalized spacial score (nSPS) is 14.9. The number of aryl methyl sites for hydroxylation is 1. The fraction of sp³-hybridized carbons (Fsp3) is 0.250. The predicted molar refractivity (Wildman–Crippen MR) is 76.3 cm³/mol. The lowest BCUT2D eigenvalue weighted by Crippen LogP contribution is -2.15. The average Bonchev–Trinajstić information content (AvgIpc) is 2.48. The Balaban J connectivity index is 1.97. The lowest BCUT2D eigenvalue weighted by Gasteiger charge is -2.20. The van der Waals surface area contributed by atoms with Crippen molar-refractivity contribution in [2.45, 2.75) is 12.3 Å². The first-order valence-corrected chi connectivity index (χ1v) is 6.88. The largest absolute Gasteiger partial charge is 0.486 e. The van der Waals surface area contributed by atoms with Crippen LogP contribution in [0.5, 0.6) is 11.5 Å². The summed E-state index contributed by atoms with van der Waals surface area (Å²) in [6, 6.07) is 10.2. The fourth-order valence-electron chi connectivity index (χ4n) is 2.28. The molecule has 0 aromatic heterocycles. The van der Waals surface area contributed by atoms with E-state index in [9.17, 15) is 4.39 Å². The van der Waals surface area contributed by atoms with Crippen LogP contribution in [0, 0.1) is 12.7 Å². The number of hydrogen-bond donors (Lipinski definition) is 0. The first kappa shape index (κ1) is 13.3. The average molecular weight is 293 g/mol. The molecule has 1 atom stereocenters. The molecule has 2 aromatic rings. The van der Waals surface area contributed by atoms with Gasteiger partial charge < -0.3 is 9.47 Å². The van der Waals surface area contributed by atoms with Gasteiger partial charge in [0.1, 0.15) is 19.0 Å². The third-order valence-electron chi connectivity index (χ3n) is 3.37. The molecule has 1 unspecified atom stereocenters. The van der Waals surface area contributed by atoms with Crippen LogP contribution < -0.4 is 9.47 Å². The van der Waals surface area contributed by atoms with Crippen LogP contribution in [0.3, 0.4) is 0 Å². The van der Waals surface area contributed by atoms with E-state index in [0.717, 1.165) is 22.4 Å². The van der Waals surface area contributed by atoms with Gasteiger partial charge in [0.05, 0.1) is 5.38 Å². The molecule has 2 aromatic carbocycles. The molecule has 4 heteroatoms. The van der Waals surface area contributed by atoms with Gasteiger partial charge >= 0.3 is 0 Å². The van der Waals surface area contributed by atoms with Gasteiger partial charge in [-0.25, -0.2) is 4.39 Å². The van der Waals surface area contributed by atoms with E-state index in [1.54, 1.807) is 6.07 Å². The van der Waals surface area contributed by atoms with Crippen LogP contribution in [0.1, 0.15) is 22.1 Å². The summed E-state index contributed by atoms with van der Waals surface area (Å²) in [5.41, 5.74) is 2.59. The molecule has 0 amide bonds. The highest BCUT2D eigenvalue weighted by Gasteiger charge is 2.18. The number of alkyl halides is 1. The molecule has 1 aliphatic rings. The van der Waals surface area contributed by atoms with E-state index >= 15 is 0 Å². The monoisotopic (exact) mass is 292 g/mol. The highest BCUT2D eigenvalue weighted by atomic mass is 35.5. The van der Waals surface area contributed by atoms with Gasteiger partial charge in [-0.05, 0) is 47.9 Å². The highest BCUT2D eigenvalue weighted by molar-refractivity contribution is 6.22. The summed E-state index contributed by atoms with van der Waals surface area (Å²) in [4.78, 5) is 0. The van der Waals surface area contributed by atoms with Crippen molar-refractivity contribution in [3.8, 4) is 11.5 Å². The number of halogens is 2. The maximum Gasteiger partial charge on any atom is 0.161 e. The number of ether oxygens (including phenoxy) is 2. The molecule has 0 N–H and O–H groups in total. The van der Waals surface area contributed by atoms with E-state index < -0.39 is 5.38 Å². The van der Waals surface area contributed by atoms with Crippen molar-refractivity contribution in [1.29, 1.82) is 0 Å². The summed E-state index contributed by atoms with van der Waals surface area (Å²) < 4.78 is 24.4. The van der Waals surface area contributed by atoms with Crippen LogP contribution in [0.2, 0.25) is 0 Å². The molecule has 3 rings (SSSR count). The zero-order valence-electron chi connectivity index (χ0n) is 11.0. The van der Waals surface area contributed by atoms with Crippen LogP contribution in [-0.2, 0) is 0 Å². The fourth-order valence-corrected chi connectivity index (χ4v) is 2.65. The quantitative estimate of drug-likeness (QED) is 0.771. The minimum Gasteiger partial charge on any atom is -0.486 e. The van der Waals surface area contributed by atoms with Gasteiger partial charge in [-0.2, -0.15) is 0 Å². The Morgan fingerprint density at radius 3 is 2.60 bits per heavy atom. The topological polar surface area (TPSA) is 18.5 Å². The lowest BCUT2D eigenvalue weighted by molar-refractivity contribution is 0.171. The van der Waals surface area contributed by atoms with E-state index in [2.05, 4.69) is 0 Å². The summed E-state index contributed by atoms with van der Waals surface area (Å²) in [6.07, 6.45) is 0. The van der Waals surface area contributed by atoms with Crippen molar-refractivity contribution in [1.82, 2.24) is 0 Å². The van der Waals surface area contributed by atoms with E-state index in [0.29, 0.717) is 19.0 Å². The zero-order valence-corrected chi connectivity index (χ0v) is 11.8. The molecule has 1 heterocycles. The van der Waals surface area contributed by atoms with Crippen molar-refractivity contribution >= 4 is 11.6 Å². The molecular formula is C16H14ClFO2. The van der Waals surface area contributed by atoms with Crippen LogP contribution >= 0.6 is 11.6 Å². The molecule has 0 spiro atoms. The van der Waals surface area contributed by atoms with Gasteiger partial charge in [-0.1, -0.05) is 12.1 Å². The number of fused-ring (bicyclic) bond motifs is 1. The summed E-state index contributed by atoms with van der Waals surface area (Å²) in [6.45, 7) is 3.00. The number of rotatable bonds is 2. The Morgan fingerprint density at radius 1 is 1.05 bits per heavy atom. The molecule has 0 saturated carbocycles. The number of hydrogen-bond acceptors (Lipinski definition) is 2.